The molecular formula is C12H16N2. The van der Waals surface area contributed by atoms with Crippen LogP contribution in [0.2, 0.25) is 0 Å². The zero-order chi connectivity index (χ0) is 9.97. The molecule has 14 heavy (non-hydrogen) atoms. The van der Waals surface area contributed by atoms with Crippen molar-refractivity contribution in [3.05, 3.63) is 30.0 Å². The van der Waals surface area contributed by atoms with E-state index in [9.17, 15) is 0 Å². The first-order valence-electron chi connectivity index (χ1n) is 5.22. The zero-order valence-corrected chi connectivity index (χ0v) is 8.83. The molecule has 0 unspecified atom stereocenters. The molecule has 0 saturated carbocycles. The number of unbranched alkanes of at least 4 members (excludes halogenated alkanes) is 1. The summed E-state index contributed by atoms with van der Waals surface area (Å²) in [4.78, 5) is 0. The van der Waals surface area contributed by atoms with Crippen LogP contribution in [0.15, 0.2) is 24.4 Å². The zero-order valence-electron chi connectivity index (χ0n) is 8.83. The Labute approximate surface area is 84.5 Å². The summed E-state index contributed by atoms with van der Waals surface area (Å²) in [6.07, 6.45) is 5.64. The summed E-state index contributed by atoms with van der Waals surface area (Å²) in [5, 5.41) is 5.48. The maximum Gasteiger partial charge on any atom is 0.0679 e. The molecule has 0 bridgehead atoms. The fourth-order valence-electron chi connectivity index (χ4n) is 1.75. The Morgan fingerprint density at radius 1 is 1.36 bits per heavy atom. The molecule has 2 nitrogen and oxygen atoms in total. The largest absolute Gasteiger partial charge is 0.268 e. The van der Waals surface area contributed by atoms with Gasteiger partial charge in [0, 0.05) is 12.4 Å². The predicted molar refractivity (Wildman–Crippen MR) is 59.3 cm³/mol. The highest BCUT2D eigenvalue weighted by atomic mass is 15.2. The van der Waals surface area contributed by atoms with Crippen LogP contribution in [0, 0.1) is 0 Å². The molecular weight excluding hydrogens is 172 g/mol. The Bertz CT molecular complexity index is 429. The SMILES string of the molecule is CCCCc1ccc2c(cnn2C)c1. The highest BCUT2D eigenvalue weighted by molar-refractivity contribution is 5.79. The van der Waals surface area contributed by atoms with Crippen LogP contribution in [-0.2, 0) is 13.5 Å². The Morgan fingerprint density at radius 3 is 3.00 bits per heavy atom. The van der Waals surface area contributed by atoms with E-state index in [0.717, 1.165) is 0 Å². The number of hydrogen-bond acceptors (Lipinski definition) is 1. The smallest absolute Gasteiger partial charge is 0.0679 e. The number of nitrogens with zero attached hydrogens (tertiary/aromatic N) is 2. The van der Waals surface area contributed by atoms with Crippen LogP contribution in [0.25, 0.3) is 10.9 Å². The third kappa shape index (κ3) is 1.65. The molecule has 0 amide bonds. The minimum atomic E-state index is 1.18. The summed E-state index contributed by atoms with van der Waals surface area (Å²) >= 11 is 0. The average Bonchev–Trinajstić information content (AvgIpc) is 2.57. The maximum absolute atomic E-state index is 4.23. The molecule has 0 spiro atoms. The van der Waals surface area contributed by atoms with Crippen molar-refractivity contribution in [1.82, 2.24) is 9.78 Å². The van der Waals surface area contributed by atoms with E-state index >= 15 is 0 Å². The van der Waals surface area contributed by atoms with Crippen LogP contribution in [0.5, 0.6) is 0 Å². The summed E-state index contributed by atoms with van der Waals surface area (Å²) in [5.74, 6) is 0. The van der Waals surface area contributed by atoms with E-state index in [1.807, 2.05) is 17.9 Å². The van der Waals surface area contributed by atoms with Gasteiger partial charge in [0.05, 0.1) is 11.7 Å². The molecule has 74 valence electrons. The molecule has 1 aromatic heterocycles. The van der Waals surface area contributed by atoms with Crippen molar-refractivity contribution in [1.29, 1.82) is 0 Å². The van der Waals surface area contributed by atoms with Crippen LogP contribution in [0.4, 0.5) is 0 Å². The molecule has 1 heterocycles. The molecule has 0 saturated heterocycles. The van der Waals surface area contributed by atoms with Gasteiger partial charge in [-0.2, -0.15) is 5.10 Å². The summed E-state index contributed by atoms with van der Waals surface area (Å²) in [6, 6.07) is 6.62. The number of benzene rings is 1. The van der Waals surface area contributed by atoms with Crippen LogP contribution in [0.3, 0.4) is 0 Å². The van der Waals surface area contributed by atoms with Gasteiger partial charge in [0.2, 0.25) is 0 Å². The van der Waals surface area contributed by atoms with E-state index < -0.39 is 0 Å². The molecule has 0 aliphatic rings. The normalized spacial score (nSPS) is 11.0. The Hall–Kier alpha value is -1.31. The second-order valence-corrected chi connectivity index (χ2v) is 3.76. The van der Waals surface area contributed by atoms with Crippen molar-refractivity contribution in [2.45, 2.75) is 26.2 Å². The summed E-state index contributed by atoms with van der Waals surface area (Å²) in [7, 11) is 1.98. The second-order valence-electron chi connectivity index (χ2n) is 3.76. The fraction of sp³-hybridized carbons (Fsp3) is 0.417. The predicted octanol–water partition coefficient (Wildman–Crippen LogP) is 2.92. The Morgan fingerprint density at radius 2 is 2.21 bits per heavy atom. The molecule has 0 N–H and O–H groups in total. The lowest BCUT2D eigenvalue weighted by Gasteiger charge is -2.00. The monoisotopic (exact) mass is 188 g/mol. The summed E-state index contributed by atoms with van der Waals surface area (Å²) < 4.78 is 1.92. The van der Waals surface area contributed by atoms with E-state index in [-0.39, 0.29) is 0 Å². The van der Waals surface area contributed by atoms with Gasteiger partial charge in [0.1, 0.15) is 0 Å². The third-order valence-electron chi connectivity index (χ3n) is 2.63. The third-order valence-corrected chi connectivity index (χ3v) is 2.63. The van der Waals surface area contributed by atoms with Gasteiger partial charge in [-0.05, 0) is 30.5 Å². The minimum Gasteiger partial charge on any atom is -0.268 e. The van der Waals surface area contributed by atoms with E-state index in [1.54, 1.807) is 0 Å². The second kappa shape index (κ2) is 3.82. The van der Waals surface area contributed by atoms with Crippen molar-refractivity contribution in [3.8, 4) is 0 Å². The topological polar surface area (TPSA) is 17.8 Å². The molecule has 0 atom stereocenters. The van der Waals surface area contributed by atoms with Gasteiger partial charge in [-0.3, -0.25) is 4.68 Å². The van der Waals surface area contributed by atoms with Gasteiger partial charge in [-0.1, -0.05) is 19.4 Å². The van der Waals surface area contributed by atoms with Crippen molar-refractivity contribution in [2.24, 2.45) is 7.05 Å². The first-order chi connectivity index (χ1) is 6.81. The van der Waals surface area contributed by atoms with E-state index in [2.05, 4.69) is 30.2 Å². The van der Waals surface area contributed by atoms with Crippen molar-refractivity contribution in [3.63, 3.8) is 0 Å². The molecule has 2 rings (SSSR count). The average molecular weight is 188 g/mol. The van der Waals surface area contributed by atoms with E-state index in [4.69, 9.17) is 0 Å². The number of rotatable bonds is 3. The molecule has 0 aliphatic heterocycles. The van der Waals surface area contributed by atoms with E-state index in [1.165, 1.54) is 35.7 Å². The van der Waals surface area contributed by atoms with Gasteiger partial charge in [0.15, 0.2) is 0 Å². The highest BCUT2D eigenvalue weighted by Crippen LogP contribution is 2.16. The van der Waals surface area contributed by atoms with Gasteiger partial charge >= 0.3 is 0 Å². The minimum absolute atomic E-state index is 1.18. The lowest BCUT2D eigenvalue weighted by Crippen LogP contribution is -1.89. The number of fused-ring (bicyclic) bond motifs is 1. The molecule has 2 heteroatoms. The van der Waals surface area contributed by atoms with Crippen molar-refractivity contribution < 1.29 is 0 Å². The quantitative estimate of drug-likeness (QED) is 0.724. The lowest BCUT2D eigenvalue weighted by atomic mass is 10.1. The van der Waals surface area contributed by atoms with Crippen molar-refractivity contribution >= 4 is 10.9 Å². The Kier molecular flexibility index (Phi) is 2.53. The molecule has 0 radical (unpaired) electrons. The highest BCUT2D eigenvalue weighted by Gasteiger charge is 1.99. The molecule has 0 aliphatic carbocycles. The van der Waals surface area contributed by atoms with E-state index in [0.29, 0.717) is 0 Å². The van der Waals surface area contributed by atoms with Crippen LogP contribution in [0.1, 0.15) is 25.3 Å². The first kappa shape index (κ1) is 9.25. The lowest BCUT2D eigenvalue weighted by molar-refractivity contribution is 0.792. The standard InChI is InChI=1S/C12H16N2/c1-3-4-5-10-6-7-12-11(8-10)9-13-14(12)2/h6-9H,3-5H2,1-2H3. The number of aryl methyl sites for hydroxylation is 2. The van der Waals surface area contributed by atoms with Crippen molar-refractivity contribution in [2.75, 3.05) is 0 Å². The molecule has 1 aromatic carbocycles. The summed E-state index contributed by atoms with van der Waals surface area (Å²) in [6.45, 7) is 2.22. The fourth-order valence-corrected chi connectivity index (χ4v) is 1.75. The Balaban J connectivity index is 2.32. The van der Waals surface area contributed by atoms with Gasteiger partial charge < -0.3 is 0 Å². The van der Waals surface area contributed by atoms with Gasteiger partial charge in [0.25, 0.3) is 0 Å². The molecule has 0 fully saturated rings. The van der Waals surface area contributed by atoms with Crippen LogP contribution < -0.4 is 0 Å². The van der Waals surface area contributed by atoms with Crippen LogP contribution >= 0.6 is 0 Å². The molecule has 2 aromatic rings. The summed E-state index contributed by atoms with van der Waals surface area (Å²) in [5.41, 5.74) is 2.64. The first-order valence-corrected chi connectivity index (χ1v) is 5.22. The number of aromatic nitrogens is 2. The maximum atomic E-state index is 4.23. The van der Waals surface area contributed by atoms with Crippen LogP contribution in [-0.4, -0.2) is 9.78 Å². The number of hydrogen-bond donors (Lipinski definition) is 0. The van der Waals surface area contributed by atoms with Gasteiger partial charge in [-0.15, -0.1) is 0 Å². The van der Waals surface area contributed by atoms with Gasteiger partial charge in [-0.25, -0.2) is 0 Å².